The molecule has 0 spiro atoms. The van der Waals surface area contributed by atoms with Crippen molar-refractivity contribution in [2.75, 3.05) is 19.7 Å². The lowest BCUT2D eigenvalue weighted by atomic mass is 10.1. The molecule has 7 nitrogen and oxygen atoms in total. The van der Waals surface area contributed by atoms with Crippen molar-refractivity contribution in [3.05, 3.63) is 34.9 Å². The summed E-state index contributed by atoms with van der Waals surface area (Å²) in [7, 11) is 0. The zero-order valence-electron chi connectivity index (χ0n) is 14.7. The molecule has 0 radical (unpaired) electrons. The van der Waals surface area contributed by atoms with Crippen LogP contribution >= 0.6 is 12.4 Å². The van der Waals surface area contributed by atoms with Gasteiger partial charge in [0.1, 0.15) is 0 Å². The highest BCUT2D eigenvalue weighted by Gasteiger charge is 2.37. The molecule has 26 heavy (non-hydrogen) atoms. The number of benzene rings is 1. The van der Waals surface area contributed by atoms with Crippen molar-refractivity contribution >= 4 is 30.1 Å². The summed E-state index contributed by atoms with van der Waals surface area (Å²) < 4.78 is 5.52. The summed E-state index contributed by atoms with van der Waals surface area (Å²) in [5, 5.41) is 2.77. The molecule has 3 amide bonds. The normalized spacial score (nSPS) is 19.9. The van der Waals surface area contributed by atoms with Gasteiger partial charge in [-0.15, -0.1) is 12.4 Å². The van der Waals surface area contributed by atoms with E-state index in [0.717, 1.165) is 12.8 Å². The lowest BCUT2D eigenvalue weighted by Gasteiger charge is -2.17. The second-order valence-electron chi connectivity index (χ2n) is 6.64. The number of carbonyl (C=O) groups excluding carboxylic acids is 3. The van der Waals surface area contributed by atoms with Gasteiger partial charge in [0, 0.05) is 24.8 Å². The molecule has 0 aliphatic carbocycles. The van der Waals surface area contributed by atoms with Gasteiger partial charge in [0.25, 0.3) is 17.7 Å². The quantitative estimate of drug-likeness (QED) is 0.724. The highest BCUT2D eigenvalue weighted by Crippen LogP contribution is 2.26. The summed E-state index contributed by atoms with van der Waals surface area (Å²) in [5.41, 5.74) is 6.65. The molecule has 0 bridgehead atoms. The maximum atomic E-state index is 12.6. The van der Waals surface area contributed by atoms with Gasteiger partial charge in [-0.25, -0.2) is 0 Å². The molecule has 2 unspecified atom stereocenters. The number of hydrogen-bond acceptors (Lipinski definition) is 5. The number of nitrogens with two attached hydrogens (primary N) is 1. The first-order valence-electron chi connectivity index (χ1n) is 8.63. The fourth-order valence-corrected chi connectivity index (χ4v) is 3.11. The number of amides is 3. The molecule has 3 N–H and O–H groups in total. The Morgan fingerprint density at radius 3 is 2.73 bits per heavy atom. The van der Waals surface area contributed by atoms with Crippen molar-refractivity contribution in [3.8, 4) is 0 Å². The lowest BCUT2D eigenvalue weighted by Crippen LogP contribution is -2.36. The second kappa shape index (κ2) is 8.62. The highest BCUT2D eigenvalue weighted by molar-refractivity contribution is 6.22. The monoisotopic (exact) mass is 381 g/mol. The molecule has 0 aromatic heterocycles. The number of rotatable bonds is 6. The Bertz CT molecular complexity index is 702. The zero-order chi connectivity index (χ0) is 18.0. The molecule has 1 fully saturated rings. The van der Waals surface area contributed by atoms with Gasteiger partial charge < -0.3 is 15.8 Å². The third-order valence-corrected chi connectivity index (χ3v) is 4.53. The molecule has 2 atom stereocenters. The van der Waals surface area contributed by atoms with E-state index in [0.29, 0.717) is 30.7 Å². The average molecular weight is 382 g/mol. The van der Waals surface area contributed by atoms with E-state index in [1.807, 2.05) is 6.92 Å². The smallest absolute Gasteiger partial charge is 0.261 e. The Hall–Kier alpha value is -1.96. The molecule has 142 valence electrons. The van der Waals surface area contributed by atoms with Gasteiger partial charge >= 0.3 is 0 Å². The number of hydrogen-bond donors (Lipinski definition) is 2. The average Bonchev–Trinajstić information content (AvgIpc) is 3.17. The van der Waals surface area contributed by atoms with Gasteiger partial charge in [-0.2, -0.15) is 0 Å². The molecule has 2 aliphatic rings. The SMILES string of the molecule is CC(N)CCNC(=O)c1ccc2c(c1)C(=O)N(CC1CCCO1)C2=O.Cl. The van der Waals surface area contributed by atoms with Crippen LogP contribution < -0.4 is 11.1 Å². The van der Waals surface area contributed by atoms with Crippen LogP contribution in [0.3, 0.4) is 0 Å². The Morgan fingerprint density at radius 1 is 1.35 bits per heavy atom. The van der Waals surface area contributed by atoms with Crippen molar-refractivity contribution < 1.29 is 19.1 Å². The van der Waals surface area contributed by atoms with E-state index in [1.165, 1.54) is 11.0 Å². The maximum Gasteiger partial charge on any atom is 0.261 e. The van der Waals surface area contributed by atoms with Crippen LogP contribution in [0.2, 0.25) is 0 Å². The van der Waals surface area contributed by atoms with Crippen LogP contribution in [-0.2, 0) is 4.74 Å². The van der Waals surface area contributed by atoms with Gasteiger partial charge in [-0.1, -0.05) is 0 Å². The fourth-order valence-electron chi connectivity index (χ4n) is 3.11. The summed E-state index contributed by atoms with van der Waals surface area (Å²) in [6.07, 6.45) is 2.37. The van der Waals surface area contributed by atoms with E-state index in [4.69, 9.17) is 10.5 Å². The van der Waals surface area contributed by atoms with E-state index in [-0.39, 0.29) is 54.4 Å². The minimum atomic E-state index is -0.360. The van der Waals surface area contributed by atoms with Crippen molar-refractivity contribution in [2.24, 2.45) is 5.73 Å². The minimum absolute atomic E-state index is 0. The van der Waals surface area contributed by atoms with Crippen LogP contribution in [0.25, 0.3) is 0 Å². The summed E-state index contributed by atoms with van der Waals surface area (Å²) in [6, 6.07) is 4.62. The van der Waals surface area contributed by atoms with Crippen molar-refractivity contribution in [1.29, 1.82) is 0 Å². The van der Waals surface area contributed by atoms with Crippen LogP contribution in [0.4, 0.5) is 0 Å². The first kappa shape index (κ1) is 20.4. The first-order chi connectivity index (χ1) is 12.0. The third kappa shape index (κ3) is 4.23. The Kier molecular flexibility index (Phi) is 6.75. The predicted molar refractivity (Wildman–Crippen MR) is 98.6 cm³/mol. The Morgan fingerprint density at radius 2 is 2.08 bits per heavy atom. The molecule has 0 saturated carbocycles. The van der Waals surface area contributed by atoms with Crippen LogP contribution in [0.5, 0.6) is 0 Å². The lowest BCUT2D eigenvalue weighted by molar-refractivity contribution is 0.0475. The molecular weight excluding hydrogens is 358 g/mol. The van der Waals surface area contributed by atoms with Gasteiger partial charge in [-0.3, -0.25) is 19.3 Å². The molecule has 2 heterocycles. The fraction of sp³-hybridized carbons (Fsp3) is 0.500. The molecule has 1 aromatic rings. The summed E-state index contributed by atoms with van der Waals surface area (Å²) in [4.78, 5) is 38.4. The first-order valence-corrected chi connectivity index (χ1v) is 8.63. The molecule has 8 heteroatoms. The molecule has 1 saturated heterocycles. The third-order valence-electron chi connectivity index (χ3n) is 4.53. The van der Waals surface area contributed by atoms with Crippen LogP contribution in [0.15, 0.2) is 18.2 Å². The van der Waals surface area contributed by atoms with Crippen molar-refractivity contribution in [2.45, 2.75) is 38.3 Å². The van der Waals surface area contributed by atoms with E-state index < -0.39 is 0 Å². The maximum absolute atomic E-state index is 12.6. The standard InChI is InChI=1S/C18H23N3O4.ClH/c1-11(19)6-7-20-16(22)12-4-5-14-15(9-12)18(24)21(17(14)23)10-13-3-2-8-25-13;/h4-5,9,11,13H,2-3,6-8,10,19H2,1H3,(H,20,22);1H. The molecule has 2 aliphatic heterocycles. The number of fused-ring (bicyclic) bond motifs is 1. The molecule has 3 rings (SSSR count). The largest absolute Gasteiger partial charge is 0.376 e. The van der Waals surface area contributed by atoms with E-state index >= 15 is 0 Å². The van der Waals surface area contributed by atoms with Gasteiger partial charge in [-0.05, 0) is 44.4 Å². The molecule has 1 aromatic carbocycles. The summed E-state index contributed by atoms with van der Waals surface area (Å²) in [5.74, 6) is -0.957. The predicted octanol–water partition coefficient (Wildman–Crippen LogP) is 1.35. The summed E-state index contributed by atoms with van der Waals surface area (Å²) in [6.45, 7) is 3.27. The number of carbonyl (C=O) groups is 3. The van der Waals surface area contributed by atoms with Crippen LogP contribution in [0, 0.1) is 0 Å². The minimum Gasteiger partial charge on any atom is -0.376 e. The second-order valence-corrected chi connectivity index (χ2v) is 6.64. The van der Waals surface area contributed by atoms with Gasteiger partial charge in [0.05, 0.1) is 23.8 Å². The number of nitrogens with one attached hydrogen (secondary N) is 1. The van der Waals surface area contributed by atoms with Crippen molar-refractivity contribution in [3.63, 3.8) is 0 Å². The molecular formula is C18H24ClN3O4. The highest BCUT2D eigenvalue weighted by atomic mass is 35.5. The van der Waals surface area contributed by atoms with Crippen LogP contribution in [-0.4, -0.2) is 54.5 Å². The number of nitrogens with zero attached hydrogens (tertiary/aromatic N) is 1. The Labute approximate surface area is 158 Å². The Balaban J connectivity index is 0.00000243. The van der Waals surface area contributed by atoms with Crippen molar-refractivity contribution in [1.82, 2.24) is 10.2 Å². The number of imide groups is 1. The number of halogens is 1. The van der Waals surface area contributed by atoms with E-state index in [9.17, 15) is 14.4 Å². The van der Waals surface area contributed by atoms with E-state index in [2.05, 4.69) is 5.32 Å². The van der Waals surface area contributed by atoms with Crippen LogP contribution in [0.1, 0.15) is 57.3 Å². The zero-order valence-corrected chi connectivity index (χ0v) is 15.5. The van der Waals surface area contributed by atoms with Gasteiger partial charge in [0.2, 0.25) is 0 Å². The van der Waals surface area contributed by atoms with Gasteiger partial charge in [0.15, 0.2) is 0 Å². The summed E-state index contributed by atoms with van der Waals surface area (Å²) >= 11 is 0. The topological polar surface area (TPSA) is 102 Å². The van der Waals surface area contributed by atoms with E-state index in [1.54, 1.807) is 12.1 Å². The number of ether oxygens (including phenoxy) is 1.